The minimum Gasteiger partial charge on any atom is -0.463 e. The van der Waals surface area contributed by atoms with Crippen LogP contribution in [0.3, 0.4) is 0 Å². The lowest BCUT2D eigenvalue weighted by Crippen LogP contribution is -2.55. The largest absolute Gasteiger partial charge is 0.463 e. The predicted molar refractivity (Wildman–Crippen MR) is 186 cm³/mol. The van der Waals surface area contributed by atoms with Gasteiger partial charge >= 0.3 is 6.01 Å². The first-order valence-electron chi connectivity index (χ1n) is 17.7. The molecule has 3 saturated heterocycles. The monoisotopic (exact) mass is 702 g/mol. The molecule has 50 heavy (non-hydrogen) atoms. The number of β-amino-alcohol motifs (C(OH)–C–C–N with tert-alkyl or cyclic N) is 1. The molecule has 1 aliphatic carbocycles. The van der Waals surface area contributed by atoms with Crippen LogP contribution >= 0.6 is 11.3 Å². The fourth-order valence-corrected chi connectivity index (χ4v) is 9.82. The summed E-state index contributed by atoms with van der Waals surface area (Å²) in [5.41, 5.74) is 8.00. The minimum absolute atomic E-state index is 0.0418. The number of rotatable bonds is 9. The number of likely N-dealkylation sites (tertiary alicyclic amines) is 2. The highest BCUT2D eigenvalue weighted by molar-refractivity contribution is 7.23. The van der Waals surface area contributed by atoms with Crippen molar-refractivity contribution < 1.29 is 23.4 Å². The number of nitriles is 1. The molecule has 14 heteroatoms. The number of aliphatic hydroxyl groups excluding tert-OH is 1. The van der Waals surface area contributed by atoms with Gasteiger partial charge in [0.05, 0.1) is 53.5 Å². The molecule has 11 nitrogen and oxygen atoms in total. The van der Waals surface area contributed by atoms with Crippen LogP contribution in [0.1, 0.15) is 62.1 Å². The Hall–Kier alpha value is -3.74. The van der Waals surface area contributed by atoms with Gasteiger partial charge in [-0.25, -0.2) is 8.78 Å². The number of anilines is 2. The lowest BCUT2D eigenvalue weighted by Gasteiger charge is -2.42. The molecule has 1 aromatic carbocycles. The van der Waals surface area contributed by atoms with Gasteiger partial charge in [-0.15, -0.1) is 11.3 Å². The second kappa shape index (κ2) is 12.2. The van der Waals surface area contributed by atoms with Crippen molar-refractivity contribution in [3.8, 4) is 23.3 Å². The van der Waals surface area contributed by atoms with Crippen LogP contribution in [0, 0.1) is 28.4 Å². The fraction of sp³-hybridized carbons (Fsp3) is 0.556. The highest BCUT2D eigenvalue weighted by Gasteiger charge is 2.46. The Morgan fingerprint density at radius 3 is 2.56 bits per heavy atom. The van der Waals surface area contributed by atoms with Gasteiger partial charge in [0.2, 0.25) is 0 Å². The van der Waals surface area contributed by atoms with E-state index in [1.165, 1.54) is 12.8 Å². The maximum atomic E-state index is 17.5. The summed E-state index contributed by atoms with van der Waals surface area (Å²) in [7, 11) is 0. The summed E-state index contributed by atoms with van der Waals surface area (Å²) < 4.78 is 45.1. The van der Waals surface area contributed by atoms with E-state index in [9.17, 15) is 10.4 Å². The van der Waals surface area contributed by atoms with E-state index in [2.05, 4.69) is 25.8 Å². The number of aromatic nitrogens is 3. The molecule has 262 valence electrons. The van der Waals surface area contributed by atoms with E-state index >= 15 is 8.78 Å². The number of nitrogens with two attached hydrogens (primary N) is 1. The molecule has 7 heterocycles. The quantitative estimate of drug-likeness (QED) is 0.245. The third-order valence-corrected chi connectivity index (χ3v) is 12.4. The molecule has 0 radical (unpaired) electrons. The van der Waals surface area contributed by atoms with Crippen molar-refractivity contribution in [2.45, 2.75) is 76.9 Å². The van der Waals surface area contributed by atoms with Gasteiger partial charge in [-0.2, -0.15) is 15.2 Å². The number of benzene rings is 1. The van der Waals surface area contributed by atoms with Crippen LogP contribution in [0.5, 0.6) is 6.01 Å². The van der Waals surface area contributed by atoms with Crippen molar-refractivity contribution in [3.63, 3.8) is 0 Å². The summed E-state index contributed by atoms with van der Waals surface area (Å²) in [5, 5.41) is 21.1. The van der Waals surface area contributed by atoms with E-state index in [0.29, 0.717) is 29.9 Å². The zero-order valence-electron chi connectivity index (χ0n) is 28.1. The third kappa shape index (κ3) is 5.28. The molecule has 4 fully saturated rings. The SMILES string of the molecule is C[C@@H](O)CN1CC2CCC(C1)N2c1nc(OCC2(CN3CCCC3)CC2)nc2c(F)c(-c3ncc(F)c4sc(N)c(C#N)c34)c3c(c12)COC3. The molecule has 9 rings (SSSR count). The first-order chi connectivity index (χ1) is 24.2. The second-order valence-corrected chi connectivity index (χ2v) is 16.0. The minimum atomic E-state index is -0.634. The fourth-order valence-electron chi connectivity index (χ4n) is 8.89. The van der Waals surface area contributed by atoms with Gasteiger partial charge in [0.1, 0.15) is 22.4 Å². The average molecular weight is 703 g/mol. The summed E-state index contributed by atoms with van der Waals surface area (Å²) in [4.78, 5) is 21.4. The Kier molecular flexibility index (Phi) is 7.85. The zero-order chi connectivity index (χ0) is 34.3. The van der Waals surface area contributed by atoms with Crippen molar-refractivity contribution in [3.05, 3.63) is 34.5 Å². The standard InChI is InChI=1S/C36H40F2N8O3S/c1-19(47)12-45-13-20-4-5-21(14-45)46(20)34-28-24-16-48-15-23(24)26(30-27-22(10-39)33(40)50-32(27)25(37)11-41-30)29(38)31(28)42-35(43-34)49-18-36(6-7-36)17-44-8-2-3-9-44/h11,19-21,47H,2-9,12-18,40H2,1H3/t19-,20?,21?/m1/s1. The second-order valence-electron chi connectivity index (χ2n) is 14.9. The molecule has 0 amide bonds. The van der Waals surface area contributed by atoms with Gasteiger partial charge in [-0.1, -0.05) is 0 Å². The molecule has 5 aliphatic rings. The molecule has 3 N–H and O–H groups in total. The Bertz CT molecular complexity index is 2040. The van der Waals surface area contributed by atoms with E-state index < -0.39 is 17.7 Å². The summed E-state index contributed by atoms with van der Waals surface area (Å²) in [5.74, 6) is -0.616. The van der Waals surface area contributed by atoms with Gasteiger partial charge < -0.3 is 30.1 Å². The molecule has 4 aromatic rings. The van der Waals surface area contributed by atoms with Gasteiger partial charge in [-0.3, -0.25) is 9.88 Å². The number of piperazine rings is 1. The number of fused-ring (bicyclic) bond motifs is 6. The van der Waals surface area contributed by atoms with Crippen molar-refractivity contribution in [1.82, 2.24) is 24.8 Å². The van der Waals surface area contributed by atoms with Crippen molar-refractivity contribution in [1.29, 1.82) is 5.26 Å². The van der Waals surface area contributed by atoms with E-state index in [0.717, 1.165) is 81.5 Å². The Balaban J connectivity index is 1.21. The van der Waals surface area contributed by atoms with Crippen molar-refractivity contribution in [2.24, 2.45) is 5.41 Å². The van der Waals surface area contributed by atoms with E-state index in [1.54, 1.807) is 0 Å². The van der Waals surface area contributed by atoms with Gasteiger partial charge in [0.15, 0.2) is 11.6 Å². The number of thiophene rings is 1. The van der Waals surface area contributed by atoms with Crippen LogP contribution in [-0.2, 0) is 18.0 Å². The molecular formula is C36H40F2N8O3S. The predicted octanol–water partition coefficient (Wildman–Crippen LogP) is 4.96. The first-order valence-corrected chi connectivity index (χ1v) is 18.5. The number of hydrogen-bond acceptors (Lipinski definition) is 12. The number of nitrogens with zero attached hydrogens (tertiary/aromatic N) is 7. The summed E-state index contributed by atoms with van der Waals surface area (Å²) in [6, 6.07) is 2.45. The number of pyridine rings is 1. The van der Waals surface area contributed by atoms with E-state index in [4.69, 9.17) is 25.2 Å². The molecule has 0 spiro atoms. The van der Waals surface area contributed by atoms with Crippen molar-refractivity contribution >= 4 is 43.1 Å². The smallest absolute Gasteiger partial charge is 0.319 e. The van der Waals surface area contributed by atoms with Crippen LogP contribution in [0.2, 0.25) is 0 Å². The van der Waals surface area contributed by atoms with Crippen LogP contribution in [0.25, 0.3) is 32.2 Å². The Morgan fingerprint density at radius 1 is 1.12 bits per heavy atom. The Labute approximate surface area is 292 Å². The number of nitrogen functional groups attached to an aromatic ring is 1. The van der Waals surface area contributed by atoms with Crippen LogP contribution in [0.4, 0.5) is 19.6 Å². The molecule has 3 atom stereocenters. The number of aliphatic hydroxyl groups is 1. The van der Waals surface area contributed by atoms with Gasteiger partial charge in [0.25, 0.3) is 0 Å². The first kappa shape index (κ1) is 32.2. The number of hydrogen-bond donors (Lipinski definition) is 2. The molecule has 1 saturated carbocycles. The van der Waals surface area contributed by atoms with Gasteiger partial charge in [0, 0.05) is 54.6 Å². The maximum absolute atomic E-state index is 17.5. The van der Waals surface area contributed by atoms with E-state index in [-0.39, 0.29) is 74.1 Å². The molecule has 2 bridgehead atoms. The highest BCUT2D eigenvalue weighted by Crippen LogP contribution is 2.49. The summed E-state index contributed by atoms with van der Waals surface area (Å²) >= 11 is 0.953. The molecule has 2 unspecified atom stereocenters. The number of ether oxygens (including phenoxy) is 2. The zero-order valence-corrected chi connectivity index (χ0v) is 28.9. The lowest BCUT2D eigenvalue weighted by molar-refractivity contribution is 0.111. The summed E-state index contributed by atoms with van der Waals surface area (Å²) in [6.45, 7) is 7.90. The topological polar surface area (TPSA) is 137 Å². The van der Waals surface area contributed by atoms with Crippen LogP contribution in [0.15, 0.2) is 6.20 Å². The normalized spacial score (nSPS) is 23.5. The van der Waals surface area contributed by atoms with E-state index in [1.807, 2.05) is 6.92 Å². The third-order valence-electron chi connectivity index (χ3n) is 11.3. The Morgan fingerprint density at radius 2 is 1.86 bits per heavy atom. The highest BCUT2D eigenvalue weighted by atomic mass is 32.1. The lowest BCUT2D eigenvalue weighted by atomic mass is 9.93. The molecule has 4 aliphatic heterocycles. The van der Waals surface area contributed by atoms with Crippen LogP contribution in [-0.4, -0.2) is 93.9 Å². The summed E-state index contributed by atoms with van der Waals surface area (Å²) in [6.07, 6.45) is 7.11. The maximum Gasteiger partial charge on any atom is 0.319 e. The molecule has 3 aromatic heterocycles. The van der Waals surface area contributed by atoms with Crippen molar-refractivity contribution in [2.75, 3.05) is 56.5 Å². The average Bonchev–Trinajstić information content (AvgIpc) is 3.48. The number of halogens is 2. The molecular weight excluding hydrogens is 663 g/mol. The van der Waals surface area contributed by atoms with Gasteiger partial charge in [-0.05, 0) is 69.7 Å². The van der Waals surface area contributed by atoms with Crippen LogP contribution < -0.4 is 15.4 Å².